The van der Waals surface area contributed by atoms with Gasteiger partial charge in [-0.15, -0.1) is 0 Å². The molecule has 3 amide bonds. The number of carbonyl (C=O) groups excluding carboxylic acids is 2. The van der Waals surface area contributed by atoms with Crippen molar-refractivity contribution in [3.8, 4) is 0 Å². The third-order valence-corrected chi connectivity index (χ3v) is 3.63. The van der Waals surface area contributed by atoms with Crippen molar-refractivity contribution in [2.75, 3.05) is 6.54 Å². The Balaban J connectivity index is 0.00000220. The maximum absolute atomic E-state index is 12.0. The molecule has 112 valence electrons. The van der Waals surface area contributed by atoms with E-state index in [0.29, 0.717) is 10.6 Å². The standard InChI is InChI=1S/C10H15N3O6S.Na/c1-5(2)6-3-7(9(11)14)12-4-8(6)13(10(12)15)19-20(16,17)18;/h3,5,7-8H,4H2,1-2H3,(H2,11,14)(H,16,17,18);/q;+1/p-1/t7-,8+;/m0./s1. The van der Waals surface area contributed by atoms with E-state index in [2.05, 4.69) is 4.28 Å². The Bertz CT molecular complexity index is 590. The molecular weight excluding hydrogens is 313 g/mol. The fourth-order valence-corrected chi connectivity index (χ4v) is 2.81. The van der Waals surface area contributed by atoms with Gasteiger partial charge in [0.1, 0.15) is 12.1 Å². The van der Waals surface area contributed by atoms with Crippen molar-refractivity contribution in [1.82, 2.24) is 9.96 Å². The zero-order valence-corrected chi connectivity index (χ0v) is 14.7. The molecule has 0 saturated carbocycles. The third kappa shape index (κ3) is 3.58. The second-order valence-corrected chi connectivity index (χ2v) is 5.89. The van der Waals surface area contributed by atoms with E-state index in [1.54, 1.807) is 0 Å². The van der Waals surface area contributed by atoms with E-state index in [-0.39, 0.29) is 42.0 Å². The summed E-state index contributed by atoms with van der Waals surface area (Å²) in [6, 6.07) is -2.56. The fraction of sp³-hybridized carbons (Fsp3) is 0.600. The maximum atomic E-state index is 12.0. The van der Waals surface area contributed by atoms with Crippen LogP contribution in [-0.4, -0.2) is 53.5 Å². The molecule has 1 fully saturated rings. The van der Waals surface area contributed by atoms with Crippen LogP contribution in [0.25, 0.3) is 0 Å². The van der Waals surface area contributed by atoms with Gasteiger partial charge in [-0.1, -0.05) is 19.9 Å². The average Bonchev–Trinajstić information content (AvgIpc) is 2.53. The normalized spacial score (nSPS) is 25.0. The van der Waals surface area contributed by atoms with Gasteiger partial charge in [0.2, 0.25) is 16.3 Å². The van der Waals surface area contributed by atoms with Crippen LogP contribution in [0.4, 0.5) is 4.79 Å². The molecule has 2 atom stereocenters. The number of nitrogens with zero attached hydrogens (tertiary/aromatic N) is 2. The van der Waals surface area contributed by atoms with E-state index in [1.165, 1.54) is 6.08 Å². The Morgan fingerprint density at radius 2 is 2.10 bits per heavy atom. The van der Waals surface area contributed by atoms with Crippen LogP contribution < -0.4 is 35.3 Å². The van der Waals surface area contributed by atoms with Crippen LogP contribution in [0.2, 0.25) is 0 Å². The van der Waals surface area contributed by atoms with Crippen molar-refractivity contribution >= 4 is 22.3 Å². The molecule has 2 heterocycles. The number of fused-ring (bicyclic) bond motifs is 2. The molecule has 0 aromatic heterocycles. The van der Waals surface area contributed by atoms with Crippen LogP contribution in [0.1, 0.15) is 13.8 Å². The van der Waals surface area contributed by atoms with E-state index in [9.17, 15) is 22.6 Å². The van der Waals surface area contributed by atoms with Crippen molar-refractivity contribution in [3.05, 3.63) is 11.6 Å². The molecule has 1 saturated heterocycles. The van der Waals surface area contributed by atoms with Crippen molar-refractivity contribution in [3.63, 3.8) is 0 Å². The molecule has 2 aliphatic heterocycles. The molecule has 0 spiro atoms. The van der Waals surface area contributed by atoms with Gasteiger partial charge in [0.25, 0.3) is 0 Å². The van der Waals surface area contributed by atoms with E-state index in [4.69, 9.17) is 5.73 Å². The van der Waals surface area contributed by atoms with Crippen LogP contribution in [0.15, 0.2) is 11.6 Å². The smallest absolute Gasteiger partial charge is 0.724 e. The molecule has 11 heteroatoms. The maximum Gasteiger partial charge on any atom is 1.00 e. The minimum Gasteiger partial charge on any atom is -0.724 e. The average molecular weight is 327 g/mol. The van der Waals surface area contributed by atoms with Crippen molar-refractivity contribution in [1.29, 1.82) is 0 Å². The predicted molar refractivity (Wildman–Crippen MR) is 64.4 cm³/mol. The summed E-state index contributed by atoms with van der Waals surface area (Å²) in [4.78, 5) is 24.5. The SMILES string of the molecule is CC(C)C1=C[C@@H](C(N)=O)N2C[C@H]1N(OS(=O)(=O)[O-])C2=O.[Na+]. The molecule has 2 rings (SSSR count). The molecule has 2 N–H and O–H groups in total. The van der Waals surface area contributed by atoms with Gasteiger partial charge in [0, 0.05) is 0 Å². The molecule has 0 aliphatic carbocycles. The van der Waals surface area contributed by atoms with Crippen molar-refractivity contribution in [2.24, 2.45) is 11.7 Å². The zero-order valence-electron chi connectivity index (χ0n) is 11.8. The summed E-state index contributed by atoms with van der Waals surface area (Å²) >= 11 is 0. The first kappa shape index (κ1) is 18.4. The molecule has 2 bridgehead atoms. The molecule has 0 radical (unpaired) electrons. The molecule has 9 nitrogen and oxygen atoms in total. The molecular formula is C10H14N3NaO6S. The van der Waals surface area contributed by atoms with Crippen LogP contribution in [0, 0.1) is 5.92 Å². The first-order valence-electron chi connectivity index (χ1n) is 5.88. The summed E-state index contributed by atoms with van der Waals surface area (Å²) in [5, 5.41) is 0.497. The van der Waals surface area contributed by atoms with Gasteiger partial charge >= 0.3 is 35.6 Å². The first-order valence-corrected chi connectivity index (χ1v) is 7.21. The quantitative estimate of drug-likeness (QED) is 0.242. The number of amides is 3. The Labute approximate surface area is 144 Å². The van der Waals surface area contributed by atoms with Gasteiger partial charge < -0.3 is 15.2 Å². The number of nitrogens with two attached hydrogens (primary N) is 1. The van der Waals surface area contributed by atoms with Gasteiger partial charge in [-0.25, -0.2) is 13.2 Å². The second kappa shape index (κ2) is 6.23. The van der Waals surface area contributed by atoms with Gasteiger partial charge in [-0.2, -0.15) is 9.35 Å². The van der Waals surface area contributed by atoms with Crippen LogP contribution in [-0.2, 0) is 19.5 Å². The van der Waals surface area contributed by atoms with Gasteiger partial charge in [-0.05, 0) is 11.5 Å². The summed E-state index contributed by atoms with van der Waals surface area (Å²) < 4.78 is 36.3. The molecule has 0 aromatic rings. The Kier molecular flexibility index (Phi) is 5.45. The third-order valence-electron chi connectivity index (χ3n) is 3.29. The monoisotopic (exact) mass is 327 g/mol. The van der Waals surface area contributed by atoms with Gasteiger partial charge in [0.15, 0.2) is 0 Å². The summed E-state index contributed by atoms with van der Waals surface area (Å²) in [7, 11) is -5.08. The number of hydrogen-bond acceptors (Lipinski definition) is 6. The number of hydrogen-bond donors (Lipinski definition) is 1. The fourth-order valence-electron chi connectivity index (χ4n) is 2.45. The molecule has 0 unspecified atom stereocenters. The summed E-state index contributed by atoms with van der Waals surface area (Å²) in [6.45, 7) is 3.67. The van der Waals surface area contributed by atoms with Crippen LogP contribution in [0.5, 0.6) is 0 Å². The van der Waals surface area contributed by atoms with E-state index >= 15 is 0 Å². The zero-order chi connectivity index (χ0) is 15.2. The Hall–Kier alpha value is -0.650. The summed E-state index contributed by atoms with van der Waals surface area (Å²) in [6.07, 6.45) is 1.51. The number of primary amides is 1. The largest absolute Gasteiger partial charge is 1.00 e. The molecule has 0 aromatic carbocycles. The first-order chi connectivity index (χ1) is 9.11. The van der Waals surface area contributed by atoms with Crippen LogP contribution >= 0.6 is 0 Å². The molecule has 21 heavy (non-hydrogen) atoms. The summed E-state index contributed by atoms with van der Waals surface area (Å²) in [5.41, 5.74) is 5.86. The topological polar surface area (TPSA) is 133 Å². The minimum atomic E-state index is -5.08. The summed E-state index contributed by atoms with van der Waals surface area (Å²) in [5.74, 6) is -0.808. The van der Waals surface area contributed by atoms with Crippen molar-refractivity contribution in [2.45, 2.75) is 25.9 Å². The number of hydroxylamine groups is 2. The minimum absolute atomic E-state index is 0. The van der Waals surface area contributed by atoms with Crippen LogP contribution in [0.3, 0.4) is 0 Å². The second-order valence-electron chi connectivity index (χ2n) is 4.93. The number of rotatable bonds is 4. The predicted octanol–water partition coefficient (Wildman–Crippen LogP) is -4.06. The Morgan fingerprint density at radius 3 is 2.52 bits per heavy atom. The Morgan fingerprint density at radius 1 is 1.52 bits per heavy atom. The van der Waals surface area contributed by atoms with E-state index in [0.717, 1.165) is 4.90 Å². The van der Waals surface area contributed by atoms with Gasteiger partial charge in [-0.3, -0.25) is 4.79 Å². The molecule has 2 aliphatic rings. The van der Waals surface area contributed by atoms with Gasteiger partial charge in [0.05, 0.1) is 6.54 Å². The number of urea groups is 1. The van der Waals surface area contributed by atoms with E-state index < -0.39 is 34.4 Å². The van der Waals surface area contributed by atoms with E-state index in [1.807, 2.05) is 13.8 Å². The number of carbonyl (C=O) groups is 2. The van der Waals surface area contributed by atoms with Crippen molar-refractivity contribution < 1.29 is 56.4 Å².